The lowest BCUT2D eigenvalue weighted by atomic mass is 10.2. The molecule has 1 aromatic heterocycles. The smallest absolute Gasteiger partial charge is 0.266 e. The molecule has 1 N–H and O–H groups in total. The fraction of sp³-hybridized carbons (Fsp3) is 0.188. The Bertz CT molecular complexity index is 895. The summed E-state index contributed by atoms with van der Waals surface area (Å²) in [6.45, 7) is 2.02. The molecule has 0 unspecified atom stereocenters. The van der Waals surface area contributed by atoms with Gasteiger partial charge in [0, 0.05) is 18.0 Å². The number of halogens is 1. The second-order valence-electron chi connectivity index (χ2n) is 5.31. The van der Waals surface area contributed by atoms with Gasteiger partial charge < -0.3 is 5.32 Å². The Hall–Kier alpha value is -1.81. The standard InChI is InChI=1S/C16H13ClN4O2S3/c1-9-19-20-15(25-9)18-13(22)6-7-21-14(23)12(26-16(21)24)8-10-2-4-11(17)5-3-10/h2-5,8H,6-7H2,1H3,(H,18,20,22). The third-order valence-electron chi connectivity index (χ3n) is 3.38. The van der Waals surface area contributed by atoms with E-state index in [9.17, 15) is 9.59 Å². The maximum Gasteiger partial charge on any atom is 0.266 e. The molecule has 2 amide bonds. The number of anilines is 1. The van der Waals surface area contributed by atoms with Crippen molar-refractivity contribution in [3.8, 4) is 0 Å². The number of carbonyl (C=O) groups is 2. The normalized spacial score (nSPS) is 15.8. The molecule has 1 fully saturated rings. The molecule has 0 spiro atoms. The molecule has 3 rings (SSSR count). The zero-order valence-electron chi connectivity index (χ0n) is 13.6. The molecule has 134 valence electrons. The maximum absolute atomic E-state index is 12.5. The molecule has 0 aliphatic carbocycles. The van der Waals surface area contributed by atoms with E-state index in [0.717, 1.165) is 10.6 Å². The molecular weight excluding hydrogens is 412 g/mol. The molecule has 0 atom stereocenters. The van der Waals surface area contributed by atoms with E-state index in [2.05, 4.69) is 15.5 Å². The fourth-order valence-electron chi connectivity index (χ4n) is 2.15. The summed E-state index contributed by atoms with van der Waals surface area (Å²) in [6, 6.07) is 7.17. The Morgan fingerprint density at radius 2 is 2.08 bits per heavy atom. The molecular formula is C16H13ClN4O2S3. The van der Waals surface area contributed by atoms with E-state index in [1.54, 1.807) is 25.1 Å². The monoisotopic (exact) mass is 424 g/mol. The van der Waals surface area contributed by atoms with Crippen LogP contribution in [0.15, 0.2) is 29.2 Å². The molecule has 6 nitrogen and oxygen atoms in total. The lowest BCUT2D eigenvalue weighted by molar-refractivity contribution is -0.122. The highest BCUT2D eigenvalue weighted by molar-refractivity contribution is 8.26. The molecule has 0 radical (unpaired) electrons. The predicted octanol–water partition coefficient (Wildman–Crippen LogP) is 3.73. The highest BCUT2D eigenvalue weighted by Gasteiger charge is 2.32. The first-order chi connectivity index (χ1) is 12.4. The third-order valence-corrected chi connectivity index (χ3v) is 5.76. The molecule has 0 saturated carbocycles. The van der Waals surface area contributed by atoms with Gasteiger partial charge in [-0.1, -0.05) is 59.1 Å². The molecule has 1 aliphatic rings. The van der Waals surface area contributed by atoms with Gasteiger partial charge in [0.05, 0.1) is 4.91 Å². The van der Waals surface area contributed by atoms with Crippen molar-refractivity contribution in [3.63, 3.8) is 0 Å². The van der Waals surface area contributed by atoms with Crippen molar-refractivity contribution in [2.75, 3.05) is 11.9 Å². The van der Waals surface area contributed by atoms with Crippen molar-refractivity contribution in [2.45, 2.75) is 13.3 Å². The maximum atomic E-state index is 12.5. The van der Waals surface area contributed by atoms with Crippen LogP contribution in [0.5, 0.6) is 0 Å². The van der Waals surface area contributed by atoms with Crippen LogP contribution in [0.1, 0.15) is 17.0 Å². The van der Waals surface area contributed by atoms with E-state index >= 15 is 0 Å². The zero-order valence-corrected chi connectivity index (χ0v) is 16.8. The van der Waals surface area contributed by atoms with Crippen LogP contribution in [-0.4, -0.2) is 37.8 Å². The van der Waals surface area contributed by atoms with E-state index in [1.807, 2.05) is 12.1 Å². The first-order valence-electron chi connectivity index (χ1n) is 7.53. The van der Waals surface area contributed by atoms with Crippen molar-refractivity contribution in [1.29, 1.82) is 0 Å². The molecule has 26 heavy (non-hydrogen) atoms. The lowest BCUT2D eigenvalue weighted by Crippen LogP contribution is -2.31. The number of benzene rings is 1. The summed E-state index contributed by atoms with van der Waals surface area (Å²) in [7, 11) is 0. The van der Waals surface area contributed by atoms with Crippen molar-refractivity contribution >= 4 is 74.3 Å². The average molecular weight is 425 g/mol. The Morgan fingerprint density at radius 1 is 1.35 bits per heavy atom. The second-order valence-corrected chi connectivity index (χ2v) is 8.60. The minimum atomic E-state index is -0.239. The van der Waals surface area contributed by atoms with Crippen molar-refractivity contribution < 1.29 is 9.59 Å². The fourth-order valence-corrected chi connectivity index (χ4v) is 4.19. The Balaban J connectivity index is 1.60. The van der Waals surface area contributed by atoms with Crippen molar-refractivity contribution in [2.24, 2.45) is 0 Å². The highest BCUT2D eigenvalue weighted by Crippen LogP contribution is 2.32. The third kappa shape index (κ3) is 4.67. The number of carbonyl (C=O) groups excluding carboxylic acids is 2. The van der Waals surface area contributed by atoms with Crippen LogP contribution >= 0.6 is 46.9 Å². The minimum absolute atomic E-state index is 0.124. The van der Waals surface area contributed by atoms with E-state index in [1.165, 1.54) is 28.0 Å². The number of hydrogen-bond donors (Lipinski definition) is 1. The largest absolute Gasteiger partial charge is 0.300 e. The number of thiocarbonyl (C=S) groups is 1. The zero-order chi connectivity index (χ0) is 18.7. The average Bonchev–Trinajstić information content (AvgIpc) is 3.11. The van der Waals surface area contributed by atoms with Gasteiger partial charge in [0.1, 0.15) is 9.33 Å². The Labute approximate surface area is 168 Å². The van der Waals surface area contributed by atoms with Gasteiger partial charge in [0.2, 0.25) is 11.0 Å². The summed E-state index contributed by atoms with van der Waals surface area (Å²) in [5, 5.41) is 12.2. The molecule has 0 bridgehead atoms. The van der Waals surface area contributed by atoms with Gasteiger partial charge in [-0.05, 0) is 30.7 Å². The summed E-state index contributed by atoms with van der Waals surface area (Å²) < 4.78 is 0.440. The summed E-state index contributed by atoms with van der Waals surface area (Å²) in [6.07, 6.45) is 1.89. The molecule has 2 aromatic rings. The van der Waals surface area contributed by atoms with Crippen LogP contribution in [0.25, 0.3) is 6.08 Å². The van der Waals surface area contributed by atoms with E-state index < -0.39 is 0 Å². The molecule has 2 heterocycles. The Kier molecular flexibility index (Phi) is 6.02. The van der Waals surface area contributed by atoms with Crippen LogP contribution < -0.4 is 5.32 Å². The summed E-state index contributed by atoms with van der Waals surface area (Å²) in [4.78, 5) is 26.5. The number of aryl methyl sites for hydroxylation is 1. The summed E-state index contributed by atoms with van der Waals surface area (Å²) in [5.74, 6) is -0.439. The first kappa shape index (κ1) is 19.0. The molecule has 10 heteroatoms. The lowest BCUT2D eigenvalue weighted by Gasteiger charge is -2.13. The number of hydrogen-bond acceptors (Lipinski definition) is 7. The van der Waals surface area contributed by atoms with Gasteiger partial charge in [-0.2, -0.15) is 0 Å². The molecule has 1 aromatic carbocycles. The van der Waals surface area contributed by atoms with Crippen molar-refractivity contribution in [3.05, 3.63) is 44.8 Å². The van der Waals surface area contributed by atoms with Crippen LogP contribution in [0.3, 0.4) is 0 Å². The number of aromatic nitrogens is 2. The molecule has 1 aliphatic heterocycles. The van der Waals surface area contributed by atoms with Gasteiger partial charge >= 0.3 is 0 Å². The number of thioether (sulfide) groups is 1. The summed E-state index contributed by atoms with van der Waals surface area (Å²) >= 11 is 13.7. The number of rotatable bonds is 5. The van der Waals surface area contributed by atoms with Gasteiger partial charge in [-0.3, -0.25) is 14.5 Å². The van der Waals surface area contributed by atoms with Crippen LogP contribution in [-0.2, 0) is 9.59 Å². The first-order valence-corrected chi connectivity index (χ1v) is 9.95. The minimum Gasteiger partial charge on any atom is -0.300 e. The van der Waals surface area contributed by atoms with Crippen LogP contribution in [0.2, 0.25) is 5.02 Å². The van der Waals surface area contributed by atoms with E-state index in [4.69, 9.17) is 23.8 Å². The number of amides is 2. The predicted molar refractivity (Wildman–Crippen MR) is 109 cm³/mol. The van der Waals surface area contributed by atoms with Crippen LogP contribution in [0.4, 0.5) is 5.13 Å². The van der Waals surface area contributed by atoms with Crippen molar-refractivity contribution in [1.82, 2.24) is 15.1 Å². The number of nitrogens with zero attached hydrogens (tertiary/aromatic N) is 3. The van der Waals surface area contributed by atoms with Crippen LogP contribution in [0, 0.1) is 6.92 Å². The quantitative estimate of drug-likeness (QED) is 0.582. The van der Waals surface area contributed by atoms with Gasteiger partial charge in [0.15, 0.2) is 0 Å². The Morgan fingerprint density at radius 3 is 2.73 bits per heavy atom. The topological polar surface area (TPSA) is 75.2 Å². The van der Waals surface area contributed by atoms with Gasteiger partial charge in [0.25, 0.3) is 5.91 Å². The van der Waals surface area contributed by atoms with E-state index in [-0.39, 0.29) is 24.8 Å². The second kappa shape index (κ2) is 8.26. The SMILES string of the molecule is Cc1nnc(NC(=O)CCN2C(=O)C(=Cc3ccc(Cl)cc3)SC2=S)s1. The van der Waals surface area contributed by atoms with Gasteiger partial charge in [-0.15, -0.1) is 10.2 Å². The van der Waals surface area contributed by atoms with Gasteiger partial charge in [-0.25, -0.2) is 0 Å². The highest BCUT2D eigenvalue weighted by atomic mass is 35.5. The summed E-state index contributed by atoms with van der Waals surface area (Å²) in [5.41, 5.74) is 0.860. The number of nitrogens with one attached hydrogen (secondary N) is 1. The van der Waals surface area contributed by atoms with E-state index in [0.29, 0.717) is 19.4 Å². The molecule has 1 saturated heterocycles.